The predicted octanol–water partition coefficient (Wildman–Crippen LogP) is 6.87. The molecule has 0 aromatic carbocycles. The maximum Gasteiger partial charge on any atom is 0.358 e. The van der Waals surface area contributed by atoms with E-state index in [-0.39, 0.29) is 35.6 Å². The lowest BCUT2D eigenvalue weighted by Gasteiger charge is -2.32. The fourth-order valence-corrected chi connectivity index (χ4v) is 4.01. The number of hydrogen-bond acceptors (Lipinski definition) is 5. The highest BCUT2D eigenvalue weighted by atomic mass is 16.5. The zero-order valence-electron chi connectivity index (χ0n) is 21.7. The Morgan fingerprint density at radius 3 is 2.60 bits per heavy atom. The number of nitrogens with zero attached hydrogens (tertiary/aromatic N) is 1. The highest BCUT2D eigenvalue weighted by Crippen LogP contribution is 2.40. The molecule has 0 aliphatic heterocycles. The fraction of sp³-hybridized carbons (Fsp3) is 0.414. The van der Waals surface area contributed by atoms with Gasteiger partial charge in [0, 0.05) is 6.20 Å². The van der Waals surface area contributed by atoms with Gasteiger partial charge in [-0.15, -0.1) is 0 Å². The van der Waals surface area contributed by atoms with E-state index < -0.39 is 11.9 Å². The summed E-state index contributed by atoms with van der Waals surface area (Å²) >= 11 is 0. The van der Waals surface area contributed by atoms with Crippen LogP contribution in [0.5, 0.6) is 5.75 Å². The van der Waals surface area contributed by atoms with Crippen molar-refractivity contribution in [2.45, 2.75) is 60.8 Å². The van der Waals surface area contributed by atoms with Gasteiger partial charge >= 0.3 is 11.9 Å². The maximum absolute atomic E-state index is 12.3. The summed E-state index contributed by atoms with van der Waals surface area (Å²) in [6.07, 6.45) is 17.0. The van der Waals surface area contributed by atoms with E-state index in [1.807, 2.05) is 19.1 Å². The van der Waals surface area contributed by atoms with Crippen molar-refractivity contribution >= 4 is 11.9 Å². The summed E-state index contributed by atoms with van der Waals surface area (Å²) in [5, 5.41) is 9.17. The lowest BCUT2D eigenvalue weighted by Crippen LogP contribution is -2.19. The van der Waals surface area contributed by atoms with E-state index >= 15 is 0 Å². The van der Waals surface area contributed by atoms with Gasteiger partial charge in [0.05, 0.1) is 12.2 Å². The Morgan fingerprint density at radius 2 is 1.94 bits per heavy atom. The van der Waals surface area contributed by atoms with Crippen molar-refractivity contribution in [2.24, 2.45) is 5.41 Å². The number of ether oxygens (including phenoxy) is 2. The molecular formula is C29H37NO5. The first-order chi connectivity index (χ1) is 16.5. The molecule has 35 heavy (non-hydrogen) atoms. The summed E-state index contributed by atoms with van der Waals surface area (Å²) < 4.78 is 10.5. The first-order valence-corrected chi connectivity index (χ1v) is 12.0. The Balaban J connectivity index is 1.94. The molecule has 0 saturated carbocycles. The van der Waals surface area contributed by atoms with Gasteiger partial charge in [-0.1, -0.05) is 60.9 Å². The van der Waals surface area contributed by atoms with E-state index in [2.05, 4.69) is 50.9 Å². The molecule has 2 rings (SSSR count). The molecule has 1 aromatic rings. The van der Waals surface area contributed by atoms with Crippen molar-refractivity contribution in [1.82, 2.24) is 4.98 Å². The molecule has 0 radical (unpaired) electrons. The van der Waals surface area contributed by atoms with E-state index in [4.69, 9.17) is 14.6 Å². The first-order valence-electron chi connectivity index (χ1n) is 12.0. The Bertz CT molecular complexity index is 1090. The van der Waals surface area contributed by atoms with Crippen LogP contribution in [0.3, 0.4) is 0 Å². The molecule has 6 nitrogen and oxygen atoms in total. The van der Waals surface area contributed by atoms with Gasteiger partial charge in [0.1, 0.15) is 6.61 Å². The maximum atomic E-state index is 12.3. The number of carboxylic acids is 1. The van der Waals surface area contributed by atoms with Crippen LogP contribution in [0.2, 0.25) is 0 Å². The number of esters is 1. The summed E-state index contributed by atoms with van der Waals surface area (Å²) in [5.41, 5.74) is 5.16. The lowest BCUT2D eigenvalue weighted by atomic mass is 9.72. The molecule has 1 aromatic heterocycles. The van der Waals surface area contributed by atoms with Gasteiger partial charge in [-0.2, -0.15) is 0 Å². The number of aromatic nitrogens is 1. The number of rotatable bonds is 10. The highest BCUT2D eigenvalue weighted by molar-refractivity contribution is 5.93. The number of hydrogen-bond donors (Lipinski definition) is 1. The molecule has 0 fully saturated rings. The normalized spacial score (nSPS) is 16.7. The molecule has 1 aliphatic carbocycles. The minimum atomic E-state index is -1.22. The van der Waals surface area contributed by atoms with Crippen LogP contribution in [0.1, 0.15) is 81.7 Å². The van der Waals surface area contributed by atoms with Crippen molar-refractivity contribution in [3.8, 4) is 5.75 Å². The number of carboxylic acid groups (broad SMARTS) is 1. The molecule has 0 unspecified atom stereocenters. The quantitative estimate of drug-likeness (QED) is 0.291. The van der Waals surface area contributed by atoms with Crippen LogP contribution in [-0.4, -0.2) is 35.2 Å². The largest absolute Gasteiger partial charge is 0.491 e. The van der Waals surface area contributed by atoms with Crippen LogP contribution in [0.15, 0.2) is 71.0 Å². The van der Waals surface area contributed by atoms with Crippen molar-refractivity contribution in [2.75, 3.05) is 13.2 Å². The molecule has 0 amide bonds. The van der Waals surface area contributed by atoms with Crippen molar-refractivity contribution in [3.63, 3.8) is 0 Å². The van der Waals surface area contributed by atoms with Crippen LogP contribution in [0.4, 0.5) is 0 Å². The Kier molecular flexibility index (Phi) is 10.2. The lowest BCUT2D eigenvalue weighted by molar-refractivity contribution is 0.0545. The molecule has 1 N–H and O–H groups in total. The summed E-state index contributed by atoms with van der Waals surface area (Å²) in [4.78, 5) is 27.3. The van der Waals surface area contributed by atoms with Gasteiger partial charge in [0.2, 0.25) is 0 Å². The molecule has 0 bridgehead atoms. The number of pyridine rings is 1. The Morgan fingerprint density at radius 1 is 1.20 bits per heavy atom. The average Bonchev–Trinajstić information content (AvgIpc) is 2.78. The monoisotopic (exact) mass is 479 g/mol. The highest BCUT2D eigenvalue weighted by Gasteiger charge is 2.26. The number of allylic oxidation sites excluding steroid dienone is 9. The second-order valence-corrected chi connectivity index (χ2v) is 9.39. The van der Waals surface area contributed by atoms with Gasteiger partial charge in [-0.25, -0.2) is 14.6 Å². The predicted molar refractivity (Wildman–Crippen MR) is 139 cm³/mol. The average molecular weight is 480 g/mol. The molecule has 0 saturated heterocycles. The SMILES string of the molecule is CCOc1cc(C(=O)OCC=C(C)C=CC=C(C)C=CC2=C(C)CCCC2(C)C)cnc1C(=O)O. The standard InChI is InChI=1S/C29H37NO5/c1-7-34-25-18-23(19-30-26(25)27(31)32)28(33)35-17-15-21(3)11-8-10-20(2)13-14-24-22(4)12-9-16-29(24,5)6/h8,10-11,13-15,18-19H,7,9,12,16-17H2,1-6H3,(H,31,32). The summed E-state index contributed by atoms with van der Waals surface area (Å²) in [6, 6.07) is 1.34. The third-order valence-electron chi connectivity index (χ3n) is 5.98. The van der Waals surface area contributed by atoms with E-state index in [1.54, 1.807) is 13.0 Å². The zero-order chi connectivity index (χ0) is 26.0. The third kappa shape index (κ3) is 8.39. The van der Waals surface area contributed by atoms with E-state index in [0.717, 1.165) is 11.1 Å². The third-order valence-corrected chi connectivity index (χ3v) is 5.98. The van der Waals surface area contributed by atoms with Gasteiger partial charge in [-0.3, -0.25) is 0 Å². The second-order valence-electron chi connectivity index (χ2n) is 9.39. The van der Waals surface area contributed by atoms with E-state index in [9.17, 15) is 9.59 Å². The summed E-state index contributed by atoms with van der Waals surface area (Å²) in [5.74, 6) is -1.78. The molecule has 0 atom stereocenters. The van der Waals surface area contributed by atoms with Gasteiger partial charge in [0.25, 0.3) is 0 Å². The smallest absolute Gasteiger partial charge is 0.358 e. The molecule has 1 heterocycles. The van der Waals surface area contributed by atoms with Gasteiger partial charge in [0.15, 0.2) is 11.4 Å². The van der Waals surface area contributed by atoms with E-state index in [0.29, 0.717) is 0 Å². The van der Waals surface area contributed by atoms with Crippen molar-refractivity contribution < 1.29 is 24.2 Å². The topological polar surface area (TPSA) is 85.7 Å². The fourth-order valence-electron chi connectivity index (χ4n) is 4.01. The van der Waals surface area contributed by atoms with E-state index in [1.165, 1.54) is 42.7 Å². The molecule has 1 aliphatic rings. The Labute approximate surface area is 208 Å². The van der Waals surface area contributed by atoms with Gasteiger partial charge in [-0.05, 0) is 70.1 Å². The number of carbonyl (C=O) groups is 2. The molecule has 0 spiro atoms. The number of aromatic carboxylic acids is 1. The molecule has 188 valence electrons. The van der Waals surface area contributed by atoms with Crippen LogP contribution < -0.4 is 4.74 Å². The number of carbonyl (C=O) groups excluding carboxylic acids is 1. The molecular weight excluding hydrogens is 442 g/mol. The summed E-state index contributed by atoms with van der Waals surface area (Å²) in [6.45, 7) is 12.9. The minimum absolute atomic E-state index is 0.0406. The second kappa shape index (κ2) is 12.9. The van der Waals surface area contributed by atoms with Crippen LogP contribution in [-0.2, 0) is 4.74 Å². The summed E-state index contributed by atoms with van der Waals surface area (Å²) in [7, 11) is 0. The zero-order valence-corrected chi connectivity index (χ0v) is 21.7. The minimum Gasteiger partial charge on any atom is -0.491 e. The van der Waals surface area contributed by atoms with Crippen molar-refractivity contribution in [3.05, 3.63) is 82.3 Å². The van der Waals surface area contributed by atoms with Crippen molar-refractivity contribution in [1.29, 1.82) is 0 Å². The van der Waals surface area contributed by atoms with Crippen LogP contribution in [0.25, 0.3) is 0 Å². The Hall–Kier alpha value is -3.41. The van der Waals surface area contributed by atoms with Crippen LogP contribution in [0, 0.1) is 5.41 Å². The molecule has 6 heteroatoms. The first kappa shape index (κ1) is 27.8. The van der Waals surface area contributed by atoms with Crippen LogP contribution >= 0.6 is 0 Å². The van der Waals surface area contributed by atoms with Gasteiger partial charge < -0.3 is 14.6 Å².